The fourth-order valence-corrected chi connectivity index (χ4v) is 3.91. The number of carbonyl (C=O) groups excluding carboxylic acids is 1. The van der Waals surface area contributed by atoms with Gasteiger partial charge >= 0.3 is 12.7 Å². The number of anilines is 1. The van der Waals surface area contributed by atoms with Crippen molar-refractivity contribution in [2.24, 2.45) is 0 Å². The number of aryl methyl sites for hydroxylation is 1. The van der Waals surface area contributed by atoms with Gasteiger partial charge < -0.3 is 9.47 Å². The fourth-order valence-electron chi connectivity index (χ4n) is 3.91. The molecule has 0 aromatic heterocycles. The molecule has 188 valence electrons. The number of hydrogen-bond acceptors (Lipinski definition) is 3. The van der Waals surface area contributed by atoms with E-state index in [2.05, 4.69) is 9.47 Å². The summed E-state index contributed by atoms with van der Waals surface area (Å²) in [7, 11) is 0. The third-order valence-electron chi connectivity index (χ3n) is 5.43. The molecule has 4 rings (SSSR count). The summed E-state index contributed by atoms with van der Waals surface area (Å²) >= 11 is 0. The van der Waals surface area contributed by atoms with Crippen molar-refractivity contribution in [3.05, 3.63) is 101 Å². The van der Waals surface area contributed by atoms with Crippen LogP contribution in [0, 0.1) is 6.92 Å². The molecule has 3 aromatic carbocycles. The Labute approximate surface area is 202 Å². The summed E-state index contributed by atoms with van der Waals surface area (Å²) in [5.41, 5.74) is 2.79. The summed E-state index contributed by atoms with van der Waals surface area (Å²) in [5, 5.41) is 0. The molecular formula is C26H19F6NO3. The SMILES string of the molecule is Cc1ccc(N2C(=O)C(Cc3ccc(OC(F)(F)F)cc3)=CC2c2cccc(OC(F)(F)F)c2)cc1. The van der Waals surface area contributed by atoms with E-state index in [0.29, 0.717) is 22.4 Å². The minimum atomic E-state index is -4.87. The number of nitrogens with zero attached hydrogens (tertiary/aromatic N) is 1. The lowest BCUT2D eigenvalue weighted by molar-refractivity contribution is -0.275. The number of alkyl halides is 6. The second kappa shape index (κ2) is 9.60. The van der Waals surface area contributed by atoms with E-state index in [9.17, 15) is 31.1 Å². The minimum Gasteiger partial charge on any atom is -0.406 e. The minimum absolute atomic E-state index is 0.0999. The van der Waals surface area contributed by atoms with Gasteiger partial charge in [-0.3, -0.25) is 9.69 Å². The van der Waals surface area contributed by atoms with E-state index < -0.39 is 30.3 Å². The molecule has 0 radical (unpaired) electrons. The van der Waals surface area contributed by atoms with Crippen LogP contribution in [-0.4, -0.2) is 18.6 Å². The van der Waals surface area contributed by atoms with E-state index in [1.807, 2.05) is 6.92 Å². The molecule has 36 heavy (non-hydrogen) atoms. The smallest absolute Gasteiger partial charge is 0.406 e. The predicted octanol–water partition coefficient (Wildman–Crippen LogP) is 7.05. The zero-order valence-electron chi connectivity index (χ0n) is 18.7. The number of halogens is 6. The van der Waals surface area contributed by atoms with Gasteiger partial charge in [0.1, 0.15) is 11.5 Å². The Morgan fingerprint density at radius 1 is 0.806 bits per heavy atom. The first kappa shape index (κ1) is 25.2. The monoisotopic (exact) mass is 507 g/mol. The van der Waals surface area contributed by atoms with Crippen LogP contribution in [0.2, 0.25) is 0 Å². The van der Waals surface area contributed by atoms with E-state index in [1.165, 1.54) is 35.2 Å². The first-order valence-corrected chi connectivity index (χ1v) is 10.7. The maximum Gasteiger partial charge on any atom is 0.573 e. The highest BCUT2D eigenvalue weighted by Gasteiger charge is 2.36. The number of amides is 1. The van der Waals surface area contributed by atoms with Gasteiger partial charge in [0.05, 0.1) is 6.04 Å². The van der Waals surface area contributed by atoms with Crippen LogP contribution in [0.5, 0.6) is 11.5 Å². The second-order valence-electron chi connectivity index (χ2n) is 8.14. The maximum atomic E-state index is 13.4. The lowest BCUT2D eigenvalue weighted by atomic mass is 10.0. The summed E-state index contributed by atoms with van der Waals surface area (Å²) < 4.78 is 83.4. The molecule has 4 nitrogen and oxygen atoms in total. The van der Waals surface area contributed by atoms with Crippen LogP contribution in [0.1, 0.15) is 22.7 Å². The second-order valence-corrected chi connectivity index (χ2v) is 8.14. The summed E-state index contributed by atoms with van der Waals surface area (Å²) in [5.74, 6) is -1.18. The predicted molar refractivity (Wildman–Crippen MR) is 119 cm³/mol. The summed E-state index contributed by atoms with van der Waals surface area (Å²) in [6, 6.07) is 16.9. The highest BCUT2D eigenvalue weighted by atomic mass is 19.4. The van der Waals surface area contributed by atoms with Crippen LogP contribution in [0.3, 0.4) is 0 Å². The molecule has 0 N–H and O–H groups in total. The molecular weight excluding hydrogens is 488 g/mol. The van der Waals surface area contributed by atoms with E-state index in [0.717, 1.165) is 17.7 Å². The Balaban J connectivity index is 1.66. The van der Waals surface area contributed by atoms with Crippen molar-refractivity contribution in [3.63, 3.8) is 0 Å². The van der Waals surface area contributed by atoms with E-state index in [4.69, 9.17) is 0 Å². The van der Waals surface area contributed by atoms with Crippen LogP contribution >= 0.6 is 0 Å². The molecule has 0 spiro atoms. The summed E-state index contributed by atoms with van der Waals surface area (Å²) in [6.45, 7) is 1.88. The number of hydrogen-bond donors (Lipinski definition) is 0. The molecule has 1 atom stereocenters. The number of benzene rings is 3. The Morgan fingerprint density at radius 3 is 2.03 bits per heavy atom. The zero-order valence-corrected chi connectivity index (χ0v) is 18.7. The van der Waals surface area contributed by atoms with Crippen LogP contribution < -0.4 is 14.4 Å². The first-order valence-electron chi connectivity index (χ1n) is 10.7. The normalized spacial score (nSPS) is 16.2. The van der Waals surface area contributed by atoms with Crippen molar-refractivity contribution < 1.29 is 40.6 Å². The molecule has 10 heteroatoms. The van der Waals surface area contributed by atoms with Crippen molar-refractivity contribution >= 4 is 11.6 Å². The van der Waals surface area contributed by atoms with E-state index in [1.54, 1.807) is 36.4 Å². The van der Waals surface area contributed by atoms with Crippen LogP contribution in [0.4, 0.5) is 32.0 Å². The van der Waals surface area contributed by atoms with Gasteiger partial charge in [-0.25, -0.2) is 0 Å². The van der Waals surface area contributed by atoms with E-state index >= 15 is 0 Å². The van der Waals surface area contributed by atoms with Gasteiger partial charge in [0.2, 0.25) is 0 Å². The van der Waals surface area contributed by atoms with Crippen LogP contribution in [0.25, 0.3) is 0 Å². The van der Waals surface area contributed by atoms with E-state index in [-0.39, 0.29) is 12.3 Å². The molecule has 0 bridgehead atoms. The molecule has 0 saturated heterocycles. The molecule has 1 aliphatic rings. The van der Waals surface area contributed by atoms with Crippen LogP contribution in [0.15, 0.2) is 84.4 Å². The van der Waals surface area contributed by atoms with Gasteiger partial charge in [-0.2, -0.15) is 0 Å². The standard InChI is InChI=1S/C26H19F6NO3/c1-16-5-9-20(10-6-16)33-23(18-3-2-4-22(14-18)36-26(30,31)32)15-19(24(33)34)13-17-7-11-21(12-8-17)35-25(27,28)29/h2-12,14-15,23H,13H2,1H3. The molecule has 0 aliphatic carbocycles. The summed E-state index contributed by atoms with van der Waals surface area (Å²) in [6.07, 6.45) is -7.96. The maximum absolute atomic E-state index is 13.4. The Kier molecular flexibility index (Phi) is 6.71. The lowest BCUT2D eigenvalue weighted by Gasteiger charge is -2.26. The fraction of sp³-hybridized carbons (Fsp3) is 0.192. The lowest BCUT2D eigenvalue weighted by Crippen LogP contribution is -2.30. The zero-order chi connectivity index (χ0) is 26.1. The first-order chi connectivity index (χ1) is 16.9. The molecule has 3 aromatic rings. The Morgan fingerprint density at radius 2 is 1.42 bits per heavy atom. The summed E-state index contributed by atoms with van der Waals surface area (Å²) in [4.78, 5) is 14.9. The molecule has 1 aliphatic heterocycles. The number of ether oxygens (including phenoxy) is 2. The van der Waals surface area contributed by atoms with Crippen molar-refractivity contribution in [2.45, 2.75) is 32.1 Å². The molecule has 0 saturated carbocycles. The van der Waals surface area contributed by atoms with Gasteiger partial charge in [-0.05, 0) is 60.5 Å². The van der Waals surface area contributed by atoms with Gasteiger partial charge in [-0.15, -0.1) is 26.3 Å². The molecule has 1 amide bonds. The Hall–Kier alpha value is -3.95. The molecule has 1 unspecified atom stereocenters. The Bertz CT molecular complexity index is 1260. The van der Waals surface area contributed by atoms with Crippen molar-refractivity contribution in [2.75, 3.05) is 4.90 Å². The molecule has 0 fully saturated rings. The van der Waals surface area contributed by atoms with Gasteiger partial charge in [-0.1, -0.05) is 42.0 Å². The number of rotatable bonds is 6. The quantitative estimate of drug-likeness (QED) is 0.336. The van der Waals surface area contributed by atoms with Gasteiger partial charge in [0.15, 0.2) is 0 Å². The van der Waals surface area contributed by atoms with Crippen molar-refractivity contribution in [1.82, 2.24) is 0 Å². The van der Waals surface area contributed by atoms with Crippen molar-refractivity contribution in [1.29, 1.82) is 0 Å². The van der Waals surface area contributed by atoms with Crippen LogP contribution in [-0.2, 0) is 11.2 Å². The largest absolute Gasteiger partial charge is 0.573 e. The van der Waals surface area contributed by atoms with Crippen molar-refractivity contribution in [3.8, 4) is 11.5 Å². The van der Waals surface area contributed by atoms with Gasteiger partial charge in [0.25, 0.3) is 5.91 Å². The topological polar surface area (TPSA) is 38.8 Å². The molecule has 1 heterocycles. The highest BCUT2D eigenvalue weighted by Crippen LogP contribution is 2.38. The van der Waals surface area contributed by atoms with Gasteiger partial charge in [0, 0.05) is 17.7 Å². The third-order valence-corrected chi connectivity index (χ3v) is 5.43. The average Bonchev–Trinajstić information content (AvgIpc) is 3.10. The average molecular weight is 507 g/mol. The third kappa shape index (κ3) is 6.18. The number of carbonyl (C=O) groups is 1. The highest BCUT2D eigenvalue weighted by molar-refractivity contribution is 6.09.